The molecule has 1 aromatic rings. The quantitative estimate of drug-likeness (QED) is 0.911. The van der Waals surface area contributed by atoms with Gasteiger partial charge in [0.15, 0.2) is 11.5 Å². The van der Waals surface area contributed by atoms with Crippen molar-refractivity contribution < 1.29 is 14.3 Å². The van der Waals surface area contributed by atoms with Crippen LogP contribution in [0.1, 0.15) is 18.4 Å². The maximum absolute atomic E-state index is 12.4. The predicted molar refractivity (Wildman–Crippen MR) is 79.5 cm³/mol. The van der Waals surface area contributed by atoms with Gasteiger partial charge >= 0.3 is 0 Å². The summed E-state index contributed by atoms with van der Waals surface area (Å²) < 4.78 is 10.6. The van der Waals surface area contributed by atoms with Crippen LogP contribution < -0.4 is 14.8 Å². The molecule has 21 heavy (non-hydrogen) atoms. The van der Waals surface area contributed by atoms with Crippen molar-refractivity contribution in [2.75, 3.05) is 33.5 Å². The summed E-state index contributed by atoms with van der Waals surface area (Å²) in [5.74, 6) is 2.41. The number of hydrogen-bond acceptors (Lipinski definition) is 4. The fraction of sp³-hybridized carbons (Fsp3) is 0.562. The van der Waals surface area contributed by atoms with Crippen LogP contribution in [-0.4, -0.2) is 44.3 Å². The van der Waals surface area contributed by atoms with E-state index in [9.17, 15) is 4.79 Å². The van der Waals surface area contributed by atoms with Crippen LogP contribution in [0.15, 0.2) is 18.2 Å². The van der Waals surface area contributed by atoms with Crippen molar-refractivity contribution in [2.24, 2.45) is 5.92 Å². The molecule has 1 saturated heterocycles. The predicted octanol–water partition coefficient (Wildman–Crippen LogP) is 1.42. The second kappa shape index (κ2) is 6.35. The summed E-state index contributed by atoms with van der Waals surface area (Å²) in [6.45, 7) is 3.06. The van der Waals surface area contributed by atoms with Crippen molar-refractivity contribution in [3.05, 3.63) is 23.8 Å². The third kappa shape index (κ3) is 3.29. The Labute approximate surface area is 125 Å². The van der Waals surface area contributed by atoms with Gasteiger partial charge in [-0.2, -0.15) is 0 Å². The first kappa shape index (κ1) is 14.2. The number of piperidine rings is 1. The van der Waals surface area contributed by atoms with E-state index in [1.807, 2.05) is 30.1 Å². The third-order valence-electron chi connectivity index (χ3n) is 4.25. The first-order valence-electron chi connectivity index (χ1n) is 7.57. The van der Waals surface area contributed by atoms with E-state index in [0.717, 1.165) is 49.5 Å². The number of amides is 1. The molecule has 0 aliphatic carbocycles. The maximum Gasteiger partial charge on any atom is 0.231 e. The number of ether oxygens (including phenoxy) is 2. The Kier molecular flexibility index (Phi) is 4.29. The van der Waals surface area contributed by atoms with Crippen LogP contribution in [0.3, 0.4) is 0 Å². The molecule has 5 heteroatoms. The van der Waals surface area contributed by atoms with Crippen molar-refractivity contribution in [1.82, 2.24) is 10.2 Å². The van der Waals surface area contributed by atoms with Gasteiger partial charge in [0.2, 0.25) is 12.7 Å². The van der Waals surface area contributed by atoms with E-state index in [0.29, 0.717) is 12.3 Å². The average Bonchev–Trinajstić information content (AvgIpc) is 2.96. The van der Waals surface area contributed by atoms with E-state index in [4.69, 9.17) is 9.47 Å². The topological polar surface area (TPSA) is 50.8 Å². The first-order chi connectivity index (χ1) is 10.3. The minimum Gasteiger partial charge on any atom is -0.454 e. The summed E-state index contributed by atoms with van der Waals surface area (Å²) in [5, 5.41) is 3.22. The van der Waals surface area contributed by atoms with Crippen LogP contribution in [-0.2, 0) is 11.2 Å². The molecular formula is C16H22N2O3. The molecule has 2 aliphatic rings. The zero-order chi connectivity index (χ0) is 14.7. The first-order valence-corrected chi connectivity index (χ1v) is 7.57. The molecular weight excluding hydrogens is 268 g/mol. The SMILES string of the molecule is CNCC1CCN(C(=O)Cc2ccc3c(c2)OCO3)CC1. The van der Waals surface area contributed by atoms with E-state index >= 15 is 0 Å². The molecule has 0 bridgehead atoms. The summed E-state index contributed by atoms with van der Waals surface area (Å²) in [5.41, 5.74) is 0.988. The minimum atomic E-state index is 0.205. The molecule has 0 saturated carbocycles. The molecule has 2 aliphatic heterocycles. The van der Waals surface area contributed by atoms with E-state index < -0.39 is 0 Å². The normalized spacial score (nSPS) is 18.0. The van der Waals surface area contributed by atoms with Gasteiger partial charge in [0.1, 0.15) is 0 Å². The zero-order valence-electron chi connectivity index (χ0n) is 12.4. The van der Waals surface area contributed by atoms with Gasteiger partial charge in [-0.3, -0.25) is 4.79 Å². The van der Waals surface area contributed by atoms with Gasteiger partial charge in [0, 0.05) is 13.1 Å². The zero-order valence-corrected chi connectivity index (χ0v) is 12.4. The highest BCUT2D eigenvalue weighted by Gasteiger charge is 2.23. The van der Waals surface area contributed by atoms with Crippen LogP contribution in [0.25, 0.3) is 0 Å². The van der Waals surface area contributed by atoms with Gasteiger partial charge in [0.25, 0.3) is 0 Å². The summed E-state index contributed by atoms with van der Waals surface area (Å²) in [6, 6.07) is 5.73. The van der Waals surface area contributed by atoms with E-state index in [2.05, 4.69) is 5.32 Å². The second-order valence-electron chi connectivity index (χ2n) is 5.75. The molecule has 3 rings (SSSR count). The van der Waals surface area contributed by atoms with Gasteiger partial charge in [0.05, 0.1) is 6.42 Å². The number of benzene rings is 1. The Morgan fingerprint density at radius 3 is 2.81 bits per heavy atom. The largest absolute Gasteiger partial charge is 0.454 e. The van der Waals surface area contributed by atoms with Crippen LogP contribution in [0, 0.1) is 5.92 Å². The molecule has 1 amide bonds. The maximum atomic E-state index is 12.4. The van der Waals surface area contributed by atoms with E-state index in [1.165, 1.54) is 0 Å². The Morgan fingerprint density at radius 2 is 2.05 bits per heavy atom. The van der Waals surface area contributed by atoms with Crippen molar-refractivity contribution in [3.63, 3.8) is 0 Å². The summed E-state index contributed by atoms with van der Waals surface area (Å²) in [7, 11) is 1.98. The Bertz CT molecular complexity index is 510. The number of nitrogens with zero attached hydrogens (tertiary/aromatic N) is 1. The molecule has 0 spiro atoms. The van der Waals surface area contributed by atoms with Gasteiger partial charge in [-0.05, 0) is 50.0 Å². The summed E-state index contributed by atoms with van der Waals surface area (Å²) in [6.07, 6.45) is 2.62. The third-order valence-corrected chi connectivity index (χ3v) is 4.25. The van der Waals surface area contributed by atoms with Crippen molar-refractivity contribution in [2.45, 2.75) is 19.3 Å². The number of rotatable bonds is 4. The summed E-state index contributed by atoms with van der Waals surface area (Å²) >= 11 is 0. The van der Waals surface area contributed by atoms with Gasteiger partial charge < -0.3 is 19.7 Å². The molecule has 5 nitrogen and oxygen atoms in total. The molecule has 114 valence electrons. The number of fused-ring (bicyclic) bond motifs is 1. The van der Waals surface area contributed by atoms with Gasteiger partial charge in [-0.1, -0.05) is 6.07 Å². The lowest BCUT2D eigenvalue weighted by Crippen LogP contribution is -2.41. The standard InChI is InChI=1S/C16H22N2O3/c1-17-10-12-4-6-18(7-5-12)16(19)9-13-2-3-14-15(8-13)21-11-20-14/h2-3,8,12,17H,4-7,9-11H2,1H3. The van der Waals surface area contributed by atoms with Crippen LogP contribution in [0.4, 0.5) is 0 Å². The lowest BCUT2D eigenvalue weighted by atomic mass is 9.96. The van der Waals surface area contributed by atoms with Crippen LogP contribution in [0.5, 0.6) is 11.5 Å². The molecule has 1 fully saturated rings. The van der Waals surface area contributed by atoms with E-state index in [-0.39, 0.29) is 12.7 Å². The molecule has 0 unspecified atom stereocenters. The second-order valence-corrected chi connectivity index (χ2v) is 5.75. The van der Waals surface area contributed by atoms with Gasteiger partial charge in [-0.15, -0.1) is 0 Å². The molecule has 0 atom stereocenters. The Balaban J connectivity index is 1.55. The Hall–Kier alpha value is -1.75. The lowest BCUT2D eigenvalue weighted by Gasteiger charge is -2.32. The smallest absolute Gasteiger partial charge is 0.231 e. The molecule has 0 radical (unpaired) electrons. The highest BCUT2D eigenvalue weighted by atomic mass is 16.7. The minimum absolute atomic E-state index is 0.205. The van der Waals surface area contributed by atoms with Crippen molar-refractivity contribution in [3.8, 4) is 11.5 Å². The van der Waals surface area contributed by atoms with Gasteiger partial charge in [-0.25, -0.2) is 0 Å². The number of nitrogens with one attached hydrogen (secondary N) is 1. The molecule has 2 heterocycles. The van der Waals surface area contributed by atoms with Crippen molar-refractivity contribution in [1.29, 1.82) is 0 Å². The monoisotopic (exact) mass is 290 g/mol. The highest BCUT2D eigenvalue weighted by Crippen LogP contribution is 2.32. The molecule has 1 aromatic carbocycles. The van der Waals surface area contributed by atoms with E-state index in [1.54, 1.807) is 0 Å². The fourth-order valence-electron chi connectivity index (χ4n) is 3.01. The fourth-order valence-corrected chi connectivity index (χ4v) is 3.01. The lowest BCUT2D eigenvalue weighted by molar-refractivity contribution is -0.131. The van der Waals surface area contributed by atoms with Crippen LogP contribution >= 0.6 is 0 Å². The molecule has 1 N–H and O–H groups in total. The summed E-state index contributed by atoms with van der Waals surface area (Å²) in [4.78, 5) is 14.4. The number of hydrogen-bond donors (Lipinski definition) is 1. The average molecular weight is 290 g/mol. The molecule has 0 aromatic heterocycles. The number of carbonyl (C=O) groups excluding carboxylic acids is 1. The Morgan fingerprint density at radius 1 is 1.29 bits per heavy atom. The number of likely N-dealkylation sites (tertiary alicyclic amines) is 1. The highest BCUT2D eigenvalue weighted by molar-refractivity contribution is 5.79. The van der Waals surface area contributed by atoms with Crippen LogP contribution in [0.2, 0.25) is 0 Å². The number of carbonyl (C=O) groups is 1. The van der Waals surface area contributed by atoms with Crippen molar-refractivity contribution >= 4 is 5.91 Å².